The Kier molecular flexibility index (Phi) is 5.63. The number of benzene rings is 1. The first-order valence-corrected chi connectivity index (χ1v) is 8.65. The van der Waals surface area contributed by atoms with Gasteiger partial charge in [0.05, 0.1) is 12.5 Å². The molecule has 2 heterocycles. The summed E-state index contributed by atoms with van der Waals surface area (Å²) < 4.78 is 32.7. The number of nitrogens with zero attached hydrogens (tertiary/aromatic N) is 1. The highest BCUT2D eigenvalue weighted by molar-refractivity contribution is 5.94. The van der Waals surface area contributed by atoms with Gasteiger partial charge in [0.2, 0.25) is 5.91 Å². The first kappa shape index (κ1) is 17.8. The smallest absolute Gasteiger partial charge is 0.259 e. The molecule has 0 radical (unpaired) electrons. The van der Waals surface area contributed by atoms with Gasteiger partial charge in [-0.1, -0.05) is 6.07 Å². The second-order valence-electron chi connectivity index (χ2n) is 6.64. The van der Waals surface area contributed by atoms with Crippen molar-refractivity contribution in [1.82, 2.24) is 10.2 Å². The lowest BCUT2D eigenvalue weighted by Crippen LogP contribution is -2.43. The van der Waals surface area contributed by atoms with E-state index in [1.54, 1.807) is 0 Å². The SMILES string of the molecule is O=C(NCC1CCN(C(=O)c2c(F)cccc2F)CC1)C1CCOC1. The molecule has 1 atom stereocenters. The Hall–Kier alpha value is -2.02. The molecule has 2 saturated heterocycles. The minimum atomic E-state index is -0.835. The first-order valence-electron chi connectivity index (χ1n) is 8.65. The summed E-state index contributed by atoms with van der Waals surface area (Å²) in [5.41, 5.74) is -0.490. The van der Waals surface area contributed by atoms with Gasteiger partial charge in [0.25, 0.3) is 5.91 Å². The van der Waals surface area contributed by atoms with Gasteiger partial charge >= 0.3 is 0 Å². The summed E-state index contributed by atoms with van der Waals surface area (Å²) >= 11 is 0. The monoisotopic (exact) mass is 352 g/mol. The van der Waals surface area contributed by atoms with Crippen LogP contribution >= 0.6 is 0 Å². The van der Waals surface area contributed by atoms with E-state index in [0.717, 1.165) is 18.6 Å². The van der Waals surface area contributed by atoms with Crippen LogP contribution in [0.4, 0.5) is 8.78 Å². The molecule has 1 N–H and O–H groups in total. The average molecular weight is 352 g/mol. The third kappa shape index (κ3) is 4.15. The van der Waals surface area contributed by atoms with Gasteiger partial charge in [-0.2, -0.15) is 0 Å². The fraction of sp³-hybridized carbons (Fsp3) is 0.556. The number of carbonyl (C=O) groups excluding carboxylic acids is 2. The molecule has 0 aromatic heterocycles. The van der Waals surface area contributed by atoms with E-state index in [9.17, 15) is 18.4 Å². The van der Waals surface area contributed by atoms with Crippen LogP contribution in [0.2, 0.25) is 0 Å². The summed E-state index contributed by atoms with van der Waals surface area (Å²) in [5.74, 6) is -2.06. The van der Waals surface area contributed by atoms with Gasteiger partial charge in [0.15, 0.2) is 0 Å². The summed E-state index contributed by atoms with van der Waals surface area (Å²) in [6, 6.07) is 3.42. The lowest BCUT2D eigenvalue weighted by atomic mass is 9.95. The minimum Gasteiger partial charge on any atom is -0.381 e. The highest BCUT2D eigenvalue weighted by Gasteiger charge is 2.28. The maximum atomic E-state index is 13.7. The zero-order valence-electron chi connectivity index (χ0n) is 14.0. The van der Waals surface area contributed by atoms with Gasteiger partial charge < -0.3 is 15.0 Å². The minimum absolute atomic E-state index is 0.0180. The lowest BCUT2D eigenvalue weighted by molar-refractivity contribution is -0.125. The molecule has 1 aromatic rings. The predicted octanol–water partition coefficient (Wildman–Crippen LogP) is 1.97. The zero-order chi connectivity index (χ0) is 17.8. The number of nitrogens with one attached hydrogen (secondary N) is 1. The second kappa shape index (κ2) is 7.91. The Balaban J connectivity index is 1.48. The molecule has 2 aliphatic heterocycles. The second-order valence-corrected chi connectivity index (χ2v) is 6.64. The van der Waals surface area contributed by atoms with E-state index in [4.69, 9.17) is 4.74 Å². The van der Waals surface area contributed by atoms with E-state index in [1.807, 2.05) is 0 Å². The van der Waals surface area contributed by atoms with Crippen LogP contribution in [-0.4, -0.2) is 49.6 Å². The standard InChI is InChI=1S/C18H22F2N2O3/c19-14-2-1-3-15(20)16(14)18(24)22-7-4-12(5-8-22)10-21-17(23)13-6-9-25-11-13/h1-3,12-13H,4-11H2,(H,21,23). The van der Waals surface area contributed by atoms with E-state index in [2.05, 4.69) is 5.32 Å². The molecular formula is C18H22F2N2O3. The Labute approximate surface area is 145 Å². The molecular weight excluding hydrogens is 330 g/mol. The van der Waals surface area contributed by atoms with Gasteiger partial charge in [-0.25, -0.2) is 8.78 Å². The molecule has 2 amide bonds. The molecule has 7 heteroatoms. The number of hydrogen-bond acceptors (Lipinski definition) is 3. The summed E-state index contributed by atoms with van der Waals surface area (Å²) in [5, 5.41) is 2.95. The molecule has 1 aromatic carbocycles. The number of piperidine rings is 1. The maximum absolute atomic E-state index is 13.7. The van der Waals surface area contributed by atoms with Crippen LogP contribution in [0.15, 0.2) is 18.2 Å². The molecule has 1 unspecified atom stereocenters. The number of amides is 2. The Morgan fingerprint density at radius 1 is 1.16 bits per heavy atom. The predicted molar refractivity (Wildman–Crippen MR) is 86.9 cm³/mol. The molecule has 2 fully saturated rings. The molecule has 5 nitrogen and oxygen atoms in total. The molecule has 136 valence electrons. The summed E-state index contributed by atoms with van der Waals surface area (Å²) in [6.07, 6.45) is 2.15. The third-order valence-corrected chi connectivity index (χ3v) is 4.94. The van der Waals surface area contributed by atoms with Gasteiger partial charge in [-0.15, -0.1) is 0 Å². The van der Waals surface area contributed by atoms with Crippen molar-refractivity contribution in [1.29, 1.82) is 0 Å². The van der Waals surface area contributed by atoms with Crippen molar-refractivity contribution in [3.05, 3.63) is 35.4 Å². The average Bonchev–Trinajstić information content (AvgIpc) is 3.14. The van der Waals surface area contributed by atoms with Crippen molar-refractivity contribution in [3.8, 4) is 0 Å². The van der Waals surface area contributed by atoms with Crippen molar-refractivity contribution in [3.63, 3.8) is 0 Å². The Bertz CT molecular complexity index is 619. The topological polar surface area (TPSA) is 58.6 Å². The number of hydrogen-bond donors (Lipinski definition) is 1. The number of halogens is 2. The van der Waals surface area contributed by atoms with Crippen LogP contribution in [0, 0.1) is 23.5 Å². The fourth-order valence-corrected chi connectivity index (χ4v) is 3.33. The van der Waals surface area contributed by atoms with Crippen LogP contribution < -0.4 is 5.32 Å². The van der Waals surface area contributed by atoms with Crippen LogP contribution in [0.5, 0.6) is 0 Å². The highest BCUT2D eigenvalue weighted by atomic mass is 19.1. The molecule has 3 rings (SSSR count). The summed E-state index contributed by atoms with van der Waals surface area (Å²) in [4.78, 5) is 25.8. The van der Waals surface area contributed by atoms with Crippen LogP contribution in [0.3, 0.4) is 0 Å². The van der Waals surface area contributed by atoms with Gasteiger partial charge in [0.1, 0.15) is 17.2 Å². The van der Waals surface area contributed by atoms with Crippen molar-refractivity contribution in [2.24, 2.45) is 11.8 Å². The zero-order valence-corrected chi connectivity index (χ0v) is 14.0. The molecule has 0 saturated carbocycles. The van der Waals surface area contributed by atoms with Gasteiger partial charge in [-0.3, -0.25) is 9.59 Å². The lowest BCUT2D eigenvalue weighted by Gasteiger charge is -2.32. The number of ether oxygens (including phenoxy) is 1. The number of carbonyl (C=O) groups is 2. The molecule has 2 aliphatic rings. The van der Waals surface area contributed by atoms with E-state index < -0.39 is 23.1 Å². The van der Waals surface area contributed by atoms with E-state index in [-0.39, 0.29) is 17.7 Å². The summed E-state index contributed by atoms with van der Waals surface area (Å²) in [7, 11) is 0. The molecule has 0 bridgehead atoms. The van der Waals surface area contributed by atoms with Crippen molar-refractivity contribution in [2.45, 2.75) is 19.3 Å². The van der Waals surface area contributed by atoms with Gasteiger partial charge in [-0.05, 0) is 37.3 Å². The number of rotatable bonds is 4. The van der Waals surface area contributed by atoms with E-state index in [1.165, 1.54) is 11.0 Å². The van der Waals surface area contributed by atoms with E-state index in [0.29, 0.717) is 45.7 Å². The molecule has 0 spiro atoms. The summed E-state index contributed by atoms with van der Waals surface area (Å²) in [6.45, 7) is 2.53. The van der Waals surface area contributed by atoms with Crippen LogP contribution in [0.1, 0.15) is 29.6 Å². The quantitative estimate of drug-likeness (QED) is 0.901. The maximum Gasteiger partial charge on any atom is 0.259 e. The van der Waals surface area contributed by atoms with Crippen LogP contribution in [0.25, 0.3) is 0 Å². The first-order chi connectivity index (χ1) is 12.1. The largest absolute Gasteiger partial charge is 0.381 e. The molecule has 0 aliphatic carbocycles. The van der Waals surface area contributed by atoms with Gasteiger partial charge in [0, 0.05) is 26.2 Å². The molecule has 25 heavy (non-hydrogen) atoms. The van der Waals surface area contributed by atoms with Crippen molar-refractivity contribution < 1.29 is 23.1 Å². The Morgan fingerprint density at radius 2 is 1.84 bits per heavy atom. The highest BCUT2D eigenvalue weighted by Crippen LogP contribution is 2.21. The van der Waals surface area contributed by atoms with Crippen molar-refractivity contribution >= 4 is 11.8 Å². The third-order valence-electron chi connectivity index (χ3n) is 4.94. The fourth-order valence-electron chi connectivity index (χ4n) is 3.33. The number of likely N-dealkylation sites (tertiary alicyclic amines) is 1. The normalized spacial score (nSPS) is 21.4. The Morgan fingerprint density at radius 3 is 2.44 bits per heavy atom. The van der Waals surface area contributed by atoms with E-state index >= 15 is 0 Å². The van der Waals surface area contributed by atoms with Crippen LogP contribution in [-0.2, 0) is 9.53 Å². The van der Waals surface area contributed by atoms with Crippen molar-refractivity contribution in [2.75, 3.05) is 32.8 Å².